The zero-order valence-corrected chi connectivity index (χ0v) is 21.4. The van der Waals surface area contributed by atoms with Gasteiger partial charge in [0, 0.05) is 49.4 Å². The lowest BCUT2D eigenvalue weighted by molar-refractivity contribution is -0.137. The van der Waals surface area contributed by atoms with E-state index in [-0.39, 0.29) is 18.0 Å². The summed E-state index contributed by atoms with van der Waals surface area (Å²) in [5.74, 6) is -0.296. The van der Waals surface area contributed by atoms with Gasteiger partial charge in [-0.05, 0) is 54.6 Å². The summed E-state index contributed by atoms with van der Waals surface area (Å²) in [6.07, 6.45) is -4.49. The van der Waals surface area contributed by atoms with Crippen LogP contribution in [0, 0.1) is 0 Å². The molecule has 0 radical (unpaired) electrons. The van der Waals surface area contributed by atoms with E-state index in [2.05, 4.69) is 10.3 Å². The molecule has 0 saturated heterocycles. The number of ether oxygens (including phenoxy) is 1. The normalized spacial score (nSPS) is 11.3. The molecule has 0 aliphatic carbocycles. The van der Waals surface area contributed by atoms with E-state index in [9.17, 15) is 18.0 Å². The van der Waals surface area contributed by atoms with Crippen molar-refractivity contribution < 1.29 is 22.7 Å². The molecule has 1 N–H and O–H groups in total. The topological polar surface area (TPSA) is 51.2 Å². The number of alkyl halides is 3. The molecule has 190 valence electrons. The Bertz CT molecular complexity index is 1440. The highest BCUT2D eigenvalue weighted by atomic mass is 35.5. The number of methoxy groups -OCH3 is 1. The highest BCUT2D eigenvalue weighted by molar-refractivity contribution is 6.36. The summed E-state index contributed by atoms with van der Waals surface area (Å²) in [6.45, 7) is -0.00483. The number of pyridine rings is 1. The number of aromatic nitrogens is 1. The number of hydrogen-bond donors (Lipinski definition) is 1. The molecule has 4 nitrogen and oxygen atoms in total. The molecular formula is C27H18Cl3F3N2O2. The molecule has 1 aromatic heterocycles. The molecule has 1 heterocycles. The molecule has 10 heteroatoms. The molecule has 0 saturated carbocycles. The maximum Gasteiger partial charge on any atom is 0.416 e. The Morgan fingerprint density at radius 1 is 0.892 bits per heavy atom. The first-order valence-electron chi connectivity index (χ1n) is 10.8. The van der Waals surface area contributed by atoms with Gasteiger partial charge in [0.1, 0.15) is 0 Å². The highest BCUT2D eigenvalue weighted by Crippen LogP contribution is 2.39. The van der Waals surface area contributed by atoms with E-state index in [4.69, 9.17) is 39.5 Å². The van der Waals surface area contributed by atoms with Crippen molar-refractivity contribution in [1.29, 1.82) is 0 Å². The zero-order valence-electron chi connectivity index (χ0n) is 19.2. The number of halogens is 6. The average molecular weight is 566 g/mol. The van der Waals surface area contributed by atoms with Crippen molar-refractivity contribution in [2.45, 2.75) is 12.7 Å². The third-order valence-electron chi connectivity index (χ3n) is 5.51. The minimum Gasteiger partial charge on any atom is -0.481 e. The Labute approximate surface area is 226 Å². The van der Waals surface area contributed by atoms with Crippen LogP contribution >= 0.6 is 34.8 Å². The van der Waals surface area contributed by atoms with Gasteiger partial charge in [-0.15, -0.1) is 0 Å². The minimum atomic E-state index is -4.49. The molecule has 0 unspecified atom stereocenters. The van der Waals surface area contributed by atoms with Crippen molar-refractivity contribution in [2.75, 3.05) is 7.11 Å². The lowest BCUT2D eigenvalue weighted by Crippen LogP contribution is -2.23. The van der Waals surface area contributed by atoms with E-state index >= 15 is 0 Å². The number of amides is 1. The van der Waals surface area contributed by atoms with E-state index in [0.717, 1.165) is 29.8 Å². The van der Waals surface area contributed by atoms with E-state index in [1.807, 2.05) is 12.1 Å². The molecule has 0 atom stereocenters. The van der Waals surface area contributed by atoms with Gasteiger partial charge < -0.3 is 10.1 Å². The smallest absolute Gasteiger partial charge is 0.416 e. The van der Waals surface area contributed by atoms with E-state index in [0.29, 0.717) is 37.5 Å². The summed E-state index contributed by atoms with van der Waals surface area (Å²) < 4.78 is 44.0. The van der Waals surface area contributed by atoms with Gasteiger partial charge in [0.25, 0.3) is 5.91 Å². The monoisotopic (exact) mass is 564 g/mol. The van der Waals surface area contributed by atoms with Crippen LogP contribution in [0.3, 0.4) is 0 Å². The number of carbonyl (C=O) groups is 1. The lowest BCUT2D eigenvalue weighted by atomic mass is 9.97. The second-order valence-corrected chi connectivity index (χ2v) is 9.22. The fourth-order valence-electron chi connectivity index (χ4n) is 3.67. The van der Waals surface area contributed by atoms with E-state index in [1.165, 1.54) is 7.11 Å². The van der Waals surface area contributed by atoms with Crippen molar-refractivity contribution in [3.05, 3.63) is 105 Å². The van der Waals surface area contributed by atoms with Gasteiger partial charge in [-0.25, -0.2) is 4.98 Å². The molecule has 0 fully saturated rings. The number of rotatable bonds is 6. The van der Waals surface area contributed by atoms with Crippen molar-refractivity contribution in [3.63, 3.8) is 0 Å². The molecule has 0 aliphatic rings. The van der Waals surface area contributed by atoms with Gasteiger partial charge in [-0.1, -0.05) is 53.0 Å². The van der Waals surface area contributed by atoms with Crippen LogP contribution in [0.2, 0.25) is 15.1 Å². The maximum absolute atomic E-state index is 12.8. The van der Waals surface area contributed by atoms with Gasteiger partial charge in [0.2, 0.25) is 5.88 Å². The molecule has 0 aliphatic heterocycles. The Morgan fingerprint density at radius 2 is 1.54 bits per heavy atom. The number of carbonyl (C=O) groups excluding carboxylic acids is 1. The second kappa shape index (κ2) is 11.0. The molecule has 0 bridgehead atoms. The van der Waals surface area contributed by atoms with Crippen LogP contribution in [0.5, 0.6) is 5.88 Å². The van der Waals surface area contributed by atoms with Gasteiger partial charge in [-0.2, -0.15) is 13.2 Å². The van der Waals surface area contributed by atoms with Gasteiger partial charge in [0.05, 0.1) is 18.4 Å². The minimum absolute atomic E-state index is 0.00483. The maximum atomic E-state index is 12.8. The van der Waals surface area contributed by atoms with Crippen molar-refractivity contribution in [3.8, 4) is 28.3 Å². The summed E-state index contributed by atoms with van der Waals surface area (Å²) in [7, 11) is 1.45. The first-order valence-corrected chi connectivity index (χ1v) is 11.9. The number of benzene rings is 3. The summed E-state index contributed by atoms with van der Waals surface area (Å²) in [4.78, 5) is 17.3. The fraction of sp³-hybridized carbons (Fsp3) is 0.111. The quantitative estimate of drug-likeness (QED) is 0.256. The van der Waals surface area contributed by atoms with Crippen LogP contribution in [-0.4, -0.2) is 18.0 Å². The zero-order chi connectivity index (χ0) is 26.7. The first-order chi connectivity index (χ1) is 17.6. The fourth-order valence-corrected chi connectivity index (χ4v) is 4.31. The highest BCUT2D eigenvalue weighted by Gasteiger charge is 2.30. The molecule has 1 amide bonds. The SMILES string of the molecule is COc1nc(-c2ccc(Cl)cc2)c(-c2ccc(Cl)cc2Cl)cc1CNC(=O)c1ccc(C(F)(F)F)cc1. The van der Waals surface area contributed by atoms with Crippen LogP contribution in [0.1, 0.15) is 21.5 Å². The molecule has 37 heavy (non-hydrogen) atoms. The van der Waals surface area contributed by atoms with Crippen LogP contribution in [0.4, 0.5) is 13.2 Å². The predicted molar refractivity (Wildman–Crippen MR) is 139 cm³/mol. The molecule has 0 spiro atoms. The average Bonchev–Trinajstić information content (AvgIpc) is 2.87. The van der Waals surface area contributed by atoms with Crippen LogP contribution < -0.4 is 10.1 Å². The molecular weight excluding hydrogens is 548 g/mol. The Morgan fingerprint density at radius 3 is 2.14 bits per heavy atom. The molecule has 4 rings (SSSR count). The van der Waals surface area contributed by atoms with Gasteiger partial charge in [-0.3, -0.25) is 4.79 Å². The lowest BCUT2D eigenvalue weighted by Gasteiger charge is -2.17. The Hall–Kier alpha value is -3.26. The standard InChI is InChI=1S/C27H18Cl3F3N2O2/c1-37-26-17(14-34-25(36)16-2-6-18(7-3-16)27(31,32)33)12-22(21-11-10-20(29)13-23(21)30)24(35-26)15-4-8-19(28)9-5-15/h2-13H,14H2,1H3,(H,34,36). The van der Waals surface area contributed by atoms with Crippen LogP contribution in [0.15, 0.2) is 72.8 Å². The summed E-state index contributed by atoms with van der Waals surface area (Å²) in [6, 6.07) is 17.9. The Balaban J connectivity index is 1.71. The first kappa shape index (κ1) is 26.8. The van der Waals surface area contributed by atoms with E-state index < -0.39 is 17.6 Å². The van der Waals surface area contributed by atoms with Crippen LogP contribution in [0.25, 0.3) is 22.4 Å². The summed E-state index contributed by atoms with van der Waals surface area (Å²) in [5.41, 5.74) is 2.40. The van der Waals surface area contributed by atoms with Gasteiger partial charge in [0.15, 0.2) is 0 Å². The predicted octanol–water partition coefficient (Wildman–Crippen LogP) is 8.33. The van der Waals surface area contributed by atoms with E-state index in [1.54, 1.807) is 36.4 Å². The number of nitrogens with one attached hydrogen (secondary N) is 1. The Kier molecular flexibility index (Phi) is 7.97. The van der Waals surface area contributed by atoms with Crippen molar-refractivity contribution in [2.24, 2.45) is 0 Å². The third kappa shape index (κ3) is 6.18. The van der Waals surface area contributed by atoms with Crippen molar-refractivity contribution in [1.82, 2.24) is 10.3 Å². The summed E-state index contributed by atoms with van der Waals surface area (Å²) >= 11 is 18.7. The second-order valence-electron chi connectivity index (χ2n) is 7.94. The largest absolute Gasteiger partial charge is 0.481 e. The number of hydrogen-bond acceptors (Lipinski definition) is 3. The van der Waals surface area contributed by atoms with Crippen molar-refractivity contribution >= 4 is 40.7 Å². The van der Waals surface area contributed by atoms with Crippen LogP contribution in [-0.2, 0) is 12.7 Å². The van der Waals surface area contributed by atoms with Gasteiger partial charge >= 0.3 is 6.18 Å². The number of nitrogens with zero attached hydrogens (tertiary/aromatic N) is 1. The third-order valence-corrected chi connectivity index (χ3v) is 6.31. The molecule has 4 aromatic rings. The molecule has 3 aromatic carbocycles. The summed E-state index contributed by atoms with van der Waals surface area (Å²) in [5, 5.41) is 4.13.